The zero-order valence-electron chi connectivity index (χ0n) is 11.3. The lowest BCUT2D eigenvalue weighted by Gasteiger charge is -2.11. The number of nitrogens with one attached hydrogen (secondary N) is 2. The summed E-state index contributed by atoms with van der Waals surface area (Å²) in [7, 11) is 0. The molecule has 2 N–H and O–H groups in total. The normalized spacial score (nSPS) is 9.91. The topological polar surface area (TPSA) is 50.4 Å². The van der Waals surface area contributed by atoms with Crippen molar-refractivity contribution < 1.29 is 13.9 Å². The highest BCUT2D eigenvalue weighted by molar-refractivity contribution is 14.1. The number of carbonyl (C=O) groups is 1. The Labute approximate surface area is 146 Å². The molecule has 0 bridgehead atoms. The summed E-state index contributed by atoms with van der Waals surface area (Å²) < 4.78 is 19.7. The van der Waals surface area contributed by atoms with Crippen LogP contribution in [0.4, 0.5) is 10.1 Å². The third-order valence-electron chi connectivity index (χ3n) is 2.55. The van der Waals surface area contributed by atoms with E-state index < -0.39 is 11.7 Å². The summed E-state index contributed by atoms with van der Waals surface area (Å²) >= 11 is 6.97. The van der Waals surface area contributed by atoms with Crippen molar-refractivity contribution in [1.29, 1.82) is 0 Å². The van der Waals surface area contributed by atoms with Gasteiger partial charge in [0, 0.05) is 3.57 Å². The van der Waals surface area contributed by atoms with Gasteiger partial charge in [0.2, 0.25) is 0 Å². The third kappa shape index (κ3) is 5.23. The van der Waals surface area contributed by atoms with Crippen molar-refractivity contribution in [2.45, 2.75) is 0 Å². The van der Waals surface area contributed by atoms with Crippen LogP contribution in [0.1, 0.15) is 0 Å². The largest absolute Gasteiger partial charge is 0.484 e. The minimum absolute atomic E-state index is 0.0155. The van der Waals surface area contributed by atoms with Crippen LogP contribution in [0.2, 0.25) is 0 Å². The molecular weight excluding hydrogens is 418 g/mol. The van der Waals surface area contributed by atoms with Gasteiger partial charge in [-0.25, -0.2) is 4.39 Å². The summed E-state index contributed by atoms with van der Waals surface area (Å²) in [5.74, 6) is -0.281. The fraction of sp³-hybridized carbons (Fsp3) is 0.0667. The summed E-state index contributed by atoms with van der Waals surface area (Å²) in [4.78, 5) is 11.7. The van der Waals surface area contributed by atoms with Gasteiger partial charge in [0.05, 0.1) is 5.69 Å². The molecule has 0 aliphatic carbocycles. The molecular formula is C15H12FIN2O2S. The summed E-state index contributed by atoms with van der Waals surface area (Å²) in [5.41, 5.74) is 0.203. The molecule has 0 radical (unpaired) electrons. The maximum Gasteiger partial charge on any atom is 0.264 e. The molecule has 4 nitrogen and oxygen atoms in total. The Bertz CT molecular complexity index is 682. The second kappa shape index (κ2) is 8.04. The maximum atomic E-state index is 13.7. The van der Waals surface area contributed by atoms with Gasteiger partial charge in [0.1, 0.15) is 11.6 Å². The van der Waals surface area contributed by atoms with Crippen LogP contribution in [0.3, 0.4) is 0 Å². The molecule has 0 heterocycles. The van der Waals surface area contributed by atoms with Gasteiger partial charge in [0.25, 0.3) is 5.91 Å². The zero-order chi connectivity index (χ0) is 15.9. The molecule has 0 aliphatic rings. The predicted octanol–water partition coefficient (Wildman–Crippen LogP) is 3.32. The van der Waals surface area contributed by atoms with Crippen LogP contribution in [0.25, 0.3) is 0 Å². The van der Waals surface area contributed by atoms with E-state index in [1.54, 1.807) is 36.4 Å². The molecule has 0 aliphatic heterocycles. The number of ether oxygens (including phenoxy) is 1. The molecule has 2 aromatic rings. The Morgan fingerprint density at radius 3 is 2.64 bits per heavy atom. The Morgan fingerprint density at radius 1 is 1.23 bits per heavy atom. The number of anilines is 1. The van der Waals surface area contributed by atoms with Gasteiger partial charge in [-0.05, 0) is 65.1 Å². The van der Waals surface area contributed by atoms with Crippen LogP contribution in [-0.4, -0.2) is 17.6 Å². The molecule has 0 saturated heterocycles. The quantitative estimate of drug-likeness (QED) is 0.578. The average Bonchev–Trinajstić information content (AvgIpc) is 2.49. The van der Waals surface area contributed by atoms with Gasteiger partial charge in [-0.1, -0.05) is 18.2 Å². The number of hydrogen-bond acceptors (Lipinski definition) is 3. The van der Waals surface area contributed by atoms with Crippen molar-refractivity contribution in [3.63, 3.8) is 0 Å². The number of amides is 1. The van der Waals surface area contributed by atoms with Crippen LogP contribution in [-0.2, 0) is 4.79 Å². The highest BCUT2D eigenvalue weighted by atomic mass is 127. The summed E-state index contributed by atoms with van der Waals surface area (Å²) in [5, 5.41) is 5.08. The van der Waals surface area contributed by atoms with E-state index in [-0.39, 0.29) is 17.4 Å². The van der Waals surface area contributed by atoms with Crippen molar-refractivity contribution in [2.75, 3.05) is 11.9 Å². The van der Waals surface area contributed by atoms with E-state index in [2.05, 4.69) is 10.6 Å². The van der Waals surface area contributed by atoms with Gasteiger partial charge in [-0.2, -0.15) is 0 Å². The van der Waals surface area contributed by atoms with E-state index in [4.69, 9.17) is 17.0 Å². The van der Waals surface area contributed by atoms with Crippen molar-refractivity contribution in [3.8, 4) is 5.75 Å². The second-order valence-electron chi connectivity index (χ2n) is 4.23. The summed E-state index contributed by atoms with van der Waals surface area (Å²) in [6.45, 7) is -0.180. The molecule has 0 spiro atoms. The van der Waals surface area contributed by atoms with Crippen molar-refractivity contribution in [2.24, 2.45) is 0 Å². The highest BCUT2D eigenvalue weighted by Gasteiger charge is 2.08. The fourth-order valence-electron chi connectivity index (χ4n) is 1.57. The number of hydrogen-bond donors (Lipinski definition) is 2. The number of thiocarbonyl (C=S) groups is 1. The minimum Gasteiger partial charge on any atom is -0.484 e. The lowest BCUT2D eigenvalue weighted by molar-refractivity contribution is -0.121. The number of halogens is 2. The van der Waals surface area contributed by atoms with Crippen LogP contribution in [0, 0.1) is 9.39 Å². The van der Waals surface area contributed by atoms with E-state index in [0.717, 1.165) is 3.57 Å². The maximum absolute atomic E-state index is 13.7. The molecule has 7 heteroatoms. The number of rotatable bonds is 4. The van der Waals surface area contributed by atoms with E-state index in [9.17, 15) is 9.18 Å². The Kier molecular flexibility index (Phi) is 6.08. The molecule has 0 aromatic heterocycles. The highest BCUT2D eigenvalue weighted by Crippen LogP contribution is 2.16. The molecule has 1 amide bonds. The minimum atomic E-state index is -0.441. The first-order chi connectivity index (χ1) is 10.5. The molecule has 0 unspecified atom stereocenters. The van der Waals surface area contributed by atoms with Crippen LogP contribution in [0.15, 0.2) is 48.5 Å². The van der Waals surface area contributed by atoms with Crippen LogP contribution >= 0.6 is 34.8 Å². The fourth-order valence-corrected chi connectivity index (χ4v) is 2.25. The van der Waals surface area contributed by atoms with E-state index >= 15 is 0 Å². The van der Waals surface area contributed by atoms with E-state index in [0.29, 0.717) is 5.75 Å². The van der Waals surface area contributed by atoms with E-state index in [1.807, 2.05) is 28.7 Å². The molecule has 114 valence electrons. The standard InChI is InChI=1S/C15H12FIN2O2S/c16-12-8-10(17)6-7-13(12)18-15(22)19-14(20)9-21-11-4-2-1-3-5-11/h1-8H,9H2,(H2,18,19,20,22). The van der Waals surface area contributed by atoms with Gasteiger partial charge >= 0.3 is 0 Å². The smallest absolute Gasteiger partial charge is 0.264 e. The van der Waals surface area contributed by atoms with Gasteiger partial charge in [-0.15, -0.1) is 0 Å². The third-order valence-corrected chi connectivity index (χ3v) is 3.42. The van der Waals surface area contributed by atoms with Crippen LogP contribution < -0.4 is 15.4 Å². The molecule has 2 rings (SSSR count). The SMILES string of the molecule is O=C(COc1ccccc1)NC(=S)Nc1ccc(I)cc1F. The molecule has 0 fully saturated rings. The van der Waals surface area contributed by atoms with Gasteiger partial charge in [0.15, 0.2) is 11.7 Å². The Morgan fingerprint density at radius 2 is 1.95 bits per heavy atom. The summed E-state index contributed by atoms with van der Waals surface area (Å²) in [6, 6.07) is 13.6. The molecule has 2 aromatic carbocycles. The van der Waals surface area contributed by atoms with Crippen molar-refractivity contribution in [3.05, 3.63) is 57.9 Å². The van der Waals surface area contributed by atoms with E-state index in [1.165, 1.54) is 6.07 Å². The summed E-state index contributed by atoms with van der Waals surface area (Å²) in [6.07, 6.45) is 0. The van der Waals surface area contributed by atoms with Crippen molar-refractivity contribution in [1.82, 2.24) is 5.32 Å². The van der Waals surface area contributed by atoms with Gasteiger partial charge < -0.3 is 10.1 Å². The molecule has 0 atom stereocenters. The average molecular weight is 430 g/mol. The second-order valence-corrected chi connectivity index (χ2v) is 5.88. The first-order valence-corrected chi connectivity index (χ1v) is 7.77. The number of para-hydroxylation sites is 1. The van der Waals surface area contributed by atoms with Crippen LogP contribution in [0.5, 0.6) is 5.75 Å². The van der Waals surface area contributed by atoms with Gasteiger partial charge in [-0.3, -0.25) is 10.1 Å². The number of carbonyl (C=O) groups excluding carboxylic acids is 1. The Hall–Kier alpha value is -1.74. The lowest BCUT2D eigenvalue weighted by atomic mass is 10.3. The molecule has 22 heavy (non-hydrogen) atoms. The predicted molar refractivity (Wildman–Crippen MR) is 95.4 cm³/mol. The Balaban J connectivity index is 1.82. The zero-order valence-corrected chi connectivity index (χ0v) is 14.3. The lowest BCUT2D eigenvalue weighted by Crippen LogP contribution is -2.37. The molecule has 0 saturated carbocycles. The first kappa shape index (κ1) is 16.6. The number of benzene rings is 2. The monoisotopic (exact) mass is 430 g/mol. The van der Waals surface area contributed by atoms with Crippen molar-refractivity contribution >= 4 is 51.5 Å². The first-order valence-electron chi connectivity index (χ1n) is 6.28.